The van der Waals surface area contributed by atoms with Crippen LogP contribution >= 0.6 is 23.4 Å². The van der Waals surface area contributed by atoms with Gasteiger partial charge in [0.1, 0.15) is 17.2 Å². The summed E-state index contributed by atoms with van der Waals surface area (Å²) in [4.78, 5) is 34.1. The molecular weight excluding hydrogens is 452 g/mol. The maximum atomic E-state index is 12.9. The second-order valence-electron chi connectivity index (χ2n) is 6.50. The number of pyridine rings is 1. The molecule has 0 spiro atoms. The fourth-order valence-electron chi connectivity index (χ4n) is 2.99. The molecule has 1 aliphatic heterocycles. The molecule has 1 aliphatic rings. The first-order valence-electron chi connectivity index (χ1n) is 9.33. The molecule has 8 nitrogen and oxygen atoms in total. The van der Waals surface area contributed by atoms with E-state index in [1.807, 2.05) is 0 Å². The summed E-state index contributed by atoms with van der Waals surface area (Å²) in [6.07, 6.45) is 4.73. The molecule has 1 aromatic carbocycles. The van der Waals surface area contributed by atoms with E-state index >= 15 is 0 Å². The van der Waals surface area contributed by atoms with Crippen LogP contribution in [0.1, 0.15) is 5.76 Å². The van der Waals surface area contributed by atoms with Crippen molar-refractivity contribution in [3.63, 3.8) is 0 Å². The number of rotatable bonds is 6. The number of amidine groups is 1. The van der Waals surface area contributed by atoms with E-state index in [1.165, 1.54) is 11.0 Å². The van der Waals surface area contributed by atoms with Crippen molar-refractivity contribution >= 4 is 51.9 Å². The summed E-state index contributed by atoms with van der Waals surface area (Å²) in [5, 5.41) is 12.0. The smallest absolute Gasteiger partial charge is 0.280 e. The first-order valence-corrected chi connectivity index (χ1v) is 10.5. The van der Waals surface area contributed by atoms with Gasteiger partial charge in [0, 0.05) is 24.9 Å². The lowest BCUT2D eigenvalue weighted by Crippen LogP contribution is -2.29. The third-order valence-corrected chi connectivity index (χ3v) is 5.72. The number of aliphatic imine (C=N–C) groups is 1. The molecule has 0 unspecified atom stereocenters. The number of amides is 1. The Morgan fingerprint density at radius 2 is 2.06 bits per heavy atom. The van der Waals surface area contributed by atoms with Crippen molar-refractivity contribution in [1.29, 1.82) is 0 Å². The van der Waals surface area contributed by atoms with Gasteiger partial charge in [0.2, 0.25) is 0 Å². The fourth-order valence-corrected chi connectivity index (χ4v) is 4.13. The molecule has 2 aromatic heterocycles. The van der Waals surface area contributed by atoms with Gasteiger partial charge in [0.05, 0.1) is 15.4 Å². The first-order chi connectivity index (χ1) is 15.5. The van der Waals surface area contributed by atoms with Gasteiger partial charge in [-0.05, 0) is 42.1 Å². The Labute approximate surface area is 192 Å². The topological polar surface area (TPSA) is 102 Å². The predicted octanol–water partition coefficient (Wildman–Crippen LogP) is 5.69. The molecule has 4 rings (SSSR count). The molecular formula is C22H15ClN4O4S. The highest BCUT2D eigenvalue weighted by Crippen LogP contribution is 2.36. The average Bonchev–Trinajstić information content (AvgIpc) is 3.36. The van der Waals surface area contributed by atoms with Crippen molar-refractivity contribution in [3.8, 4) is 11.3 Å². The van der Waals surface area contributed by atoms with Gasteiger partial charge in [-0.2, -0.15) is 0 Å². The molecule has 0 bridgehead atoms. The maximum Gasteiger partial charge on any atom is 0.280 e. The first kappa shape index (κ1) is 21.5. The van der Waals surface area contributed by atoms with Crippen LogP contribution in [0.25, 0.3) is 17.4 Å². The van der Waals surface area contributed by atoms with Crippen molar-refractivity contribution in [1.82, 2.24) is 9.88 Å². The van der Waals surface area contributed by atoms with Crippen LogP contribution in [0.2, 0.25) is 5.15 Å². The average molecular weight is 467 g/mol. The van der Waals surface area contributed by atoms with Gasteiger partial charge in [-0.1, -0.05) is 29.8 Å². The molecule has 1 amide bonds. The number of carbonyl (C=O) groups excluding carboxylic acids is 1. The standard InChI is InChI=1S/C22H15ClN4O4S/c1-2-12-26-21(28)19(32-22(26)25-16-7-5-11-24-20(16)23)13-14-9-10-18(31-14)15-6-3-4-8-17(15)27(29)30/h2-11,13H,1,12H2/b19-13+,25-22?. The minimum atomic E-state index is -0.466. The Kier molecular flexibility index (Phi) is 6.20. The molecule has 1 saturated heterocycles. The number of thioether (sulfide) groups is 1. The second-order valence-corrected chi connectivity index (χ2v) is 7.87. The summed E-state index contributed by atoms with van der Waals surface area (Å²) < 4.78 is 5.78. The van der Waals surface area contributed by atoms with Gasteiger partial charge < -0.3 is 4.42 Å². The Balaban J connectivity index is 1.67. The van der Waals surface area contributed by atoms with E-state index < -0.39 is 4.92 Å². The lowest BCUT2D eigenvalue weighted by atomic mass is 10.1. The number of carbonyl (C=O) groups is 1. The van der Waals surface area contributed by atoms with Gasteiger partial charge in [-0.3, -0.25) is 19.8 Å². The third kappa shape index (κ3) is 4.34. The van der Waals surface area contributed by atoms with Gasteiger partial charge in [-0.25, -0.2) is 9.98 Å². The molecule has 32 heavy (non-hydrogen) atoms. The van der Waals surface area contributed by atoms with E-state index in [9.17, 15) is 14.9 Å². The number of aromatic nitrogens is 1. The van der Waals surface area contributed by atoms with Crippen LogP contribution in [-0.2, 0) is 4.79 Å². The van der Waals surface area contributed by atoms with E-state index in [4.69, 9.17) is 16.0 Å². The summed E-state index contributed by atoms with van der Waals surface area (Å²) in [5.41, 5.74) is 0.734. The lowest BCUT2D eigenvalue weighted by molar-refractivity contribution is -0.384. The number of benzene rings is 1. The predicted molar refractivity (Wildman–Crippen MR) is 125 cm³/mol. The van der Waals surface area contributed by atoms with Crippen molar-refractivity contribution in [2.45, 2.75) is 0 Å². The van der Waals surface area contributed by atoms with Crippen molar-refractivity contribution < 1.29 is 14.1 Å². The highest BCUT2D eigenvalue weighted by Gasteiger charge is 2.33. The van der Waals surface area contributed by atoms with Crippen LogP contribution in [0, 0.1) is 10.1 Å². The van der Waals surface area contributed by atoms with Crippen molar-refractivity contribution in [2.75, 3.05) is 6.54 Å². The summed E-state index contributed by atoms with van der Waals surface area (Å²) >= 11 is 7.26. The Morgan fingerprint density at radius 1 is 1.25 bits per heavy atom. The molecule has 10 heteroatoms. The zero-order valence-corrected chi connectivity index (χ0v) is 18.0. The number of halogens is 1. The Hall–Kier alpha value is -3.69. The van der Waals surface area contributed by atoms with E-state index in [2.05, 4.69) is 16.6 Å². The Bertz CT molecular complexity index is 1280. The van der Waals surface area contributed by atoms with Crippen LogP contribution < -0.4 is 0 Å². The van der Waals surface area contributed by atoms with Crippen molar-refractivity contribution in [3.05, 3.63) is 93.3 Å². The van der Waals surface area contributed by atoms with Gasteiger partial charge in [0.25, 0.3) is 11.6 Å². The number of nitro groups is 1. The van der Waals surface area contributed by atoms with Crippen LogP contribution in [0.3, 0.4) is 0 Å². The number of nitro benzene ring substituents is 1. The maximum absolute atomic E-state index is 12.9. The SMILES string of the molecule is C=CCN1C(=O)/C(=C\c2ccc(-c3ccccc3[N+](=O)[O-])o2)SC1=Nc1cccnc1Cl. The fraction of sp³-hybridized carbons (Fsp3) is 0.0455. The number of hydrogen-bond donors (Lipinski definition) is 0. The normalized spacial score (nSPS) is 16.2. The van der Waals surface area contributed by atoms with Crippen molar-refractivity contribution in [2.24, 2.45) is 4.99 Å². The minimum Gasteiger partial charge on any atom is -0.456 e. The third-order valence-electron chi connectivity index (χ3n) is 4.42. The molecule has 3 heterocycles. The lowest BCUT2D eigenvalue weighted by Gasteiger charge is -2.12. The highest BCUT2D eigenvalue weighted by molar-refractivity contribution is 8.18. The summed E-state index contributed by atoms with van der Waals surface area (Å²) in [7, 11) is 0. The summed E-state index contributed by atoms with van der Waals surface area (Å²) in [5.74, 6) is 0.448. The van der Waals surface area contributed by atoms with E-state index in [0.29, 0.717) is 32.8 Å². The van der Waals surface area contributed by atoms with Crippen LogP contribution in [0.15, 0.2) is 81.7 Å². The summed E-state index contributed by atoms with van der Waals surface area (Å²) in [6, 6.07) is 13.0. The largest absolute Gasteiger partial charge is 0.456 e. The van der Waals surface area contributed by atoms with Gasteiger partial charge >= 0.3 is 0 Å². The number of furan rings is 1. The molecule has 0 N–H and O–H groups in total. The van der Waals surface area contributed by atoms with Crippen LogP contribution in [0.5, 0.6) is 0 Å². The molecule has 0 aliphatic carbocycles. The van der Waals surface area contributed by atoms with Crippen LogP contribution in [0.4, 0.5) is 11.4 Å². The zero-order valence-electron chi connectivity index (χ0n) is 16.5. The van der Waals surface area contributed by atoms with Gasteiger partial charge in [0.15, 0.2) is 10.3 Å². The summed E-state index contributed by atoms with van der Waals surface area (Å²) in [6.45, 7) is 3.96. The monoisotopic (exact) mass is 466 g/mol. The van der Waals surface area contributed by atoms with E-state index in [1.54, 1.807) is 60.8 Å². The number of nitrogens with zero attached hydrogens (tertiary/aromatic N) is 4. The van der Waals surface area contributed by atoms with Crippen LogP contribution in [-0.4, -0.2) is 32.4 Å². The molecule has 0 atom stereocenters. The molecule has 3 aromatic rings. The highest BCUT2D eigenvalue weighted by atomic mass is 35.5. The number of para-hydroxylation sites is 1. The van der Waals surface area contributed by atoms with Gasteiger partial charge in [-0.15, -0.1) is 6.58 Å². The molecule has 1 fully saturated rings. The number of hydrogen-bond acceptors (Lipinski definition) is 7. The minimum absolute atomic E-state index is 0.0627. The Morgan fingerprint density at radius 3 is 2.81 bits per heavy atom. The molecule has 0 radical (unpaired) electrons. The quantitative estimate of drug-likeness (QED) is 0.152. The zero-order chi connectivity index (χ0) is 22.7. The molecule has 160 valence electrons. The van der Waals surface area contributed by atoms with E-state index in [-0.39, 0.29) is 23.3 Å². The second kappa shape index (κ2) is 9.21. The van der Waals surface area contributed by atoms with E-state index in [0.717, 1.165) is 11.8 Å². The molecule has 0 saturated carbocycles.